The van der Waals surface area contributed by atoms with Crippen LogP contribution in [0, 0.1) is 0 Å². The fourth-order valence-electron chi connectivity index (χ4n) is 4.06. The molecule has 7 nitrogen and oxygen atoms in total. The molecule has 0 fully saturated rings. The minimum Gasteiger partial charge on any atom is -0.350 e. The SMILES string of the molecule is CCC(C(=O)NC(C)(C)C)N(Cc1ccc(Cl)cc1Cl)C(=O)CN(c1ccc(Cl)cc1)S(=O)(=O)c1ccccc1. The Morgan fingerprint density at radius 2 is 1.50 bits per heavy atom. The van der Waals surface area contributed by atoms with Crippen LogP contribution in [0.25, 0.3) is 0 Å². The molecule has 0 saturated heterocycles. The fraction of sp³-hybridized carbons (Fsp3) is 0.310. The highest BCUT2D eigenvalue weighted by Gasteiger charge is 2.34. The smallest absolute Gasteiger partial charge is 0.264 e. The topological polar surface area (TPSA) is 86.8 Å². The van der Waals surface area contributed by atoms with Gasteiger partial charge in [0.25, 0.3) is 10.0 Å². The lowest BCUT2D eigenvalue weighted by Crippen LogP contribution is -2.55. The van der Waals surface area contributed by atoms with Gasteiger partial charge in [-0.05, 0) is 81.3 Å². The molecular formula is C29H32Cl3N3O4S. The van der Waals surface area contributed by atoms with Crippen LogP contribution in [0.2, 0.25) is 15.1 Å². The largest absolute Gasteiger partial charge is 0.350 e. The Morgan fingerprint density at radius 3 is 2.05 bits per heavy atom. The maximum absolute atomic E-state index is 14.1. The van der Waals surface area contributed by atoms with E-state index in [0.717, 1.165) is 4.31 Å². The molecular weight excluding hydrogens is 593 g/mol. The molecule has 3 aromatic carbocycles. The van der Waals surface area contributed by atoms with Crippen LogP contribution in [0.3, 0.4) is 0 Å². The van der Waals surface area contributed by atoms with Crippen LogP contribution in [0.5, 0.6) is 0 Å². The summed E-state index contributed by atoms with van der Waals surface area (Å²) in [6.45, 7) is 6.71. The van der Waals surface area contributed by atoms with E-state index in [0.29, 0.717) is 20.6 Å². The summed E-state index contributed by atoms with van der Waals surface area (Å²) in [5.41, 5.74) is 0.256. The van der Waals surface area contributed by atoms with Crippen LogP contribution >= 0.6 is 34.8 Å². The van der Waals surface area contributed by atoms with Gasteiger partial charge in [0.1, 0.15) is 12.6 Å². The van der Waals surface area contributed by atoms with Gasteiger partial charge in [0.2, 0.25) is 11.8 Å². The van der Waals surface area contributed by atoms with Gasteiger partial charge in [0.05, 0.1) is 10.6 Å². The Kier molecular flexibility index (Phi) is 10.5. The molecule has 1 atom stereocenters. The van der Waals surface area contributed by atoms with Crippen molar-refractivity contribution in [2.75, 3.05) is 10.8 Å². The fourth-order valence-corrected chi connectivity index (χ4v) is 6.09. The van der Waals surface area contributed by atoms with Crippen LogP contribution in [0.15, 0.2) is 77.7 Å². The molecule has 11 heteroatoms. The number of hydrogen-bond acceptors (Lipinski definition) is 4. The Hall–Kier alpha value is -2.78. The molecule has 0 saturated carbocycles. The maximum atomic E-state index is 14.1. The highest BCUT2D eigenvalue weighted by Crippen LogP contribution is 2.27. The van der Waals surface area contributed by atoms with Gasteiger partial charge in [-0.25, -0.2) is 8.42 Å². The van der Waals surface area contributed by atoms with Crippen molar-refractivity contribution < 1.29 is 18.0 Å². The van der Waals surface area contributed by atoms with E-state index in [-0.39, 0.29) is 29.5 Å². The van der Waals surface area contributed by atoms with Crippen LogP contribution in [-0.2, 0) is 26.2 Å². The first-order chi connectivity index (χ1) is 18.7. The van der Waals surface area contributed by atoms with Crippen molar-refractivity contribution in [1.82, 2.24) is 10.2 Å². The van der Waals surface area contributed by atoms with Crippen molar-refractivity contribution in [3.05, 3.63) is 93.4 Å². The zero-order valence-electron chi connectivity index (χ0n) is 22.7. The number of benzene rings is 3. The van der Waals surface area contributed by atoms with Crippen molar-refractivity contribution in [3.8, 4) is 0 Å². The first kappa shape index (κ1) is 31.7. The van der Waals surface area contributed by atoms with E-state index >= 15 is 0 Å². The third-order valence-electron chi connectivity index (χ3n) is 5.96. The summed E-state index contributed by atoms with van der Waals surface area (Å²) in [5, 5.41) is 4.09. The number of carbonyl (C=O) groups is 2. The van der Waals surface area contributed by atoms with Crippen molar-refractivity contribution in [2.24, 2.45) is 0 Å². The molecule has 3 rings (SSSR count). The van der Waals surface area contributed by atoms with E-state index in [2.05, 4.69) is 5.32 Å². The second kappa shape index (κ2) is 13.3. The highest BCUT2D eigenvalue weighted by molar-refractivity contribution is 7.92. The number of hydrogen-bond donors (Lipinski definition) is 1. The monoisotopic (exact) mass is 623 g/mol. The van der Waals surface area contributed by atoms with Gasteiger partial charge in [-0.2, -0.15) is 0 Å². The van der Waals surface area contributed by atoms with Gasteiger partial charge in [-0.1, -0.05) is 66.0 Å². The average Bonchev–Trinajstić information content (AvgIpc) is 2.88. The number of amides is 2. The van der Waals surface area contributed by atoms with Gasteiger partial charge in [-0.15, -0.1) is 0 Å². The molecule has 1 N–H and O–H groups in total. The molecule has 1 unspecified atom stereocenters. The summed E-state index contributed by atoms with van der Waals surface area (Å²) in [4.78, 5) is 28.8. The summed E-state index contributed by atoms with van der Waals surface area (Å²) in [6, 6.07) is 18.0. The zero-order chi connectivity index (χ0) is 29.7. The van der Waals surface area contributed by atoms with Crippen LogP contribution in [-0.4, -0.2) is 43.3 Å². The molecule has 0 aliphatic rings. The average molecular weight is 625 g/mol. The van der Waals surface area contributed by atoms with E-state index in [1.54, 1.807) is 55.5 Å². The Labute approximate surface area is 251 Å². The molecule has 0 spiro atoms. The Morgan fingerprint density at radius 1 is 0.900 bits per heavy atom. The zero-order valence-corrected chi connectivity index (χ0v) is 25.8. The standard InChI is InChI=1S/C29H32Cl3N3O4S/c1-5-26(28(37)33-29(2,3)4)34(18-20-11-12-22(31)17-25(20)32)27(36)19-35(23-15-13-21(30)14-16-23)40(38,39)24-9-7-6-8-10-24/h6-17,26H,5,18-19H2,1-4H3,(H,33,37). The number of nitrogens with zero attached hydrogens (tertiary/aromatic N) is 2. The predicted molar refractivity (Wildman–Crippen MR) is 161 cm³/mol. The number of nitrogens with one attached hydrogen (secondary N) is 1. The number of halogens is 3. The highest BCUT2D eigenvalue weighted by atomic mass is 35.5. The summed E-state index contributed by atoms with van der Waals surface area (Å²) >= 11 is 18.6. The lowest BCUT2D eigenvalue weighted by molar-refractivity contribution is -0.141. The maximum Gasteiger partial charge on any atom is 0.264 e. The molecule has 0 aliphatic carbocycles. The van der Waals surface area contributed by atoms with Gasteiger partial charge < -0.3 is 10.2 Å². The quantitative estimate of drug-likeness (QED) is 0.277. The van der Waals surface area contributed by atoms with Crippen molar-refractivity contribution in [3.63, 3.8) is 0 Å². The van der Waals surface area contributed by atoms with Crippen LogP contribution < -0.4 is 9.62 Å². The molecule has 0 radical (unpaired) electrons. The molecule has 0 bridgehead atoms. The molecule has 3 aromatic rings. The molecule has 0 aromatic heterocycles. The van der Waals surface area contributed by atoms with Gasteiger partial charge in [0.15, 0.2) is 0 Å². The minimum absolute atomic E-state index is 0.0163. The number of carbonyl (C=O) groups excluding carboxylic acids is 2. The predicted octanol–water partition coefficient (Wildman–Crippen LogP) is 6.56. The second-order valence-corrected chi connectivity index (χ2v) is 13.4. The Bertz CT molecular complexity index is 1440. The molecule has 40 heavy (non-hydrogen) atoms. The van der Waals surface area contributed by atoms with Gasteiger partial charge in [0, 0.05) is 27.2 Å². The number of rotatable bonds is 10. The summed E-state index contributed by atoms with van der Waals surface area (Å²) in [5.74, 6) is -0.950. The number of sulfonamides is 1. The normalized spacial score (nSPS) is 12.5. The van der Waals surface area contributed by atoms with Gasteiger partial charge >= 0.3 is 0 Å². The Balaban J connectivity index is 2.08. The van der Waals surface area contributed by atoms with E-state index in [1.165, 1.54) is 29.2 Å². The van der Waals surface area contributed by atoms with Crippen molar-refractivity contribution in [1.29, 1.82) is 0 Å². The number of anilines is 1. The molecule has 0 aliphatic heterocycles. The first-order valence-corrected chi connectivity index (χ1v) is 15.2. The second-order valence-electron chi connectivity index (χ2n) is 10.2. The van der Waals surface area contributed by atoms with Crippen LogP contribution in [0.1, 0.15) is 39.7 Å². The first-order valence-electron chi connectivity index (χ1n) is 12.6. The third-order valence-corrected chi connectivity index (χ3v) is 8.59. The van der Waals surface area contributed by atoms with Crippen molar-refractivity contribution >= 4 is 62.3 Å². The lowest BCUT2D eigenvalue weighted by Gasteiger charge is -2.35. The van der Waals surface area contributed by atoms with E-state index in [1.807, 2.05) is 20.8 Å². The minimum atomic E-state index is -4.16. The van der Waals surface area contributed by atoms with E-state index in [9.17, 15) is 18.0 Å². The lowest BCUT2D eigenvalue weighted by atomic mass is 10.1. The summed E-state index contributed by atoms with van der Waals surface area (Å²) in [6.07, 6.45) is 0.283. The van der Waals surface area contributed by atoms with Crippen molar-refractivity contribution in [2.45, 2.75) is 57.1 Å². The molecule has 0 heterocycles. The molecule has 214 valence electrons. The summed E-state index contributed by atoms with van der Waals surface area (Å²) < 4.78 is 28.6. The van der Waals surface area contributed by atoms with Gasteiger partial charge in [-0.3, -0.25) is 13.9 Å². The van der Waals surface area contributed by atoms with Crippen LogP contribution in [0.4, 0.5) is 5.69 Å². The van der Waals surface area contributed by atoms with E-state index in [4.69, 9.17) is 34.8 Å². The summed E-state index contributed by atoms with van der Waals surface area (Å²) in [7, 11) is -4.16. The van der Waals surface area contributed by atoms with E-state index < -0.39 is 34.1 Å². The molecule has 2 amide bonds. The third kappa shape index (κ3) is 8.13.